The van der Waals surface area contributed by atoms with Gasteiger partial charge in [0, 0.05) is 37.5 Å². The molecule has 1 fully saturated rings. The van der Waals surface area contributed by atoms with Crippen molar-refractivity contribution in [3.8, 4) is 6.07 Å². The van der Waals surface area contributed by atoms with Crippen LogP contribution in [0.2, 0.25) is 0 Å². The van der Waals surface area contributed by atoms with Crippen molar-refractivity contribution in [2.24, 2.45) is 5.92 Å². The molecule has 2 aliphatic heterocycles. The zero-order chi connectivity index (χ0) is 16.6. The molecule has 0 radical (unpaired) electrons. The summed E-state index contributed by atoms with van der Waals surface area (Å²) >= 11 is 0. The number of carbonyl (C=O) groups is 1. The summed E-state index contributed by atoms with van der Waals surface area (Å²) in [4.78, 5) is 14.9. The summed E-state index contributed by atoms with van der Waals surface area (Å²) in [6.45, 7) is 8.02. The van der Waals surface area contributed by atoms with E-state index < -0.39 is 0 Å². The predicted molar refractivity (Wildman–Crippen MR) is 84.8 cm³/mol. The van der Waals surface area contributed by atoms with Gasteiger partial charge in [0.05, 0.1) is 24.0 Å². The van der Waals surface area contributed by atoms with E-state index in [-0.39, 0.29) is 24.0 Å². The second-order valence-corrected chi connectivity index (χ2v) is 6.52. The van der Waals surface area contributed by atoms with Crippen molar-refractivity contribution in [1.82, 2.24) is 14.7 Å². The first kappa shape index (κ1) is 16.0. The molecule has 1 saturated heterocycles. The van der Waals surface area contributed by atoms with Gasteiger partial charge in [0.25, 0.3) is 5.91 Å². The molecule has 0 unspecified atom stereocenters. The Bertz CT molecular complexity index is 638. The lowest BCUT2D eigenvalue weighted by atomic mass is 9.96. The topological polar surface area (TPSA) is 71.2 Å². The summed E-state index contributed by atoms with van der Waals surface area (Å²) in [7, 11) is 0. The van der Waals surface area contributed by atoms with Crippen LogP contribution in [0, 0.1) is 17.2 Å². The van der Waals surface area contributed by atoms with Gasteiger partial charge in [0.2, 0.25) is 0 Å². The molecule has 0 saturated carbocycles. The first-order valence-corrected chi connectivity index (χ1v) is 8.49. The Labute approximate surface area is 137 Å². The molecule has 2 aliphatic rings. The van der Waals surface area contributed by atoms with E-state index in [4.69, 9.17) is 10.00 Å². The first-order valence-electron chi connectivity index (χ1n) is 8.49. The third-order valence-electron chi connectivity index (χ3n) is 4.86. The predicted octanol–water partition coefficient (Wildman–Crippen LogP) is 2.30. The number of amides is 1. The van der Waals surface area contributed by atoms with Crippen LogP contribution in [-0.4, -0.2) is 39.8 Å². The number of aryl methyl sites for hydroxylation is 1. The number of piperidine rings is 1. The Morgan fingerprint density at radius 3 is 2.70 bits per heavy atom. The van der Waals surface area contributed by atoms with Crippen LogP contribution in [0.15, 0.2) is 0 Å². The fourth-order valence-corrected chi connectivity index (χ4v) is 3.62. The molecule has 3 rings (SSSR count). The number of ether oxygens (including phenoxy) is 1. The van der Waals surface area contributed by atoms with Crippen molar-refractivity contribution < 1.29 is 9.53 Å². The van der Waals surface area contributed by atoms with Gasteiger partial charge in [0.1, 0.15) is 5.69 Å². The normalized spacial score (nSPS) is 25.0. The van der Waals surface area contributed by atoms with E-state index in [1.54, 1.807) is 0 Å². The van der Waals surface area contributed by atoms with E-state index in [0.717, 1.165) is 36.2 Å². The average molecular weight is 316 g/mol. The van der Waals surface area contributed by atoms with Crippen LogP contribution in [0.25, 0.3) is 0 Å². The van der Waals surface area contributed by atoms with Crippen molar-refractivity contribution in [2.45, 2.75) is 58.8 Å². The number of carbonyl (C=O) groups excluding carboxylic acids is 1. The number of aromatic nitrogens is 2. The Kier molecular flexibility index (Phi) is 4.40. The molecule has 0 bridgehead atoms. The maximum Gasteiger partial charge on any atom is 0.272 e. The molecule has 3 heterocycles. The molecule has 0 aromatic carbocycles. The van der Waals surface area contributed by atoms with Crippen molar-refractivity contribution in [3.63, 3.8) is 0 Å². The van der Waals surface area contributed by atoms with Gasteiger partial charge >= 0.3 is 0 Å². The lowest BCUT2D eigenvalue weighted by Crippen LogP contribution is -2.39. The van der Waals surface area contributed by atoms with E-state index in [2.05, 4.69) is 11.2 Å². The largest absolute Gasteiger partial charge is 0.369 e. The molecule has 2 atom stereocenters. The Morgan fingerprint density at radius 2 is 2.09 bits per heavy atom. The molecule has 0 aliphatic carbocycles. The highest BCUT2D eigenvalue weighted by atomic mass is 16.5. The van der Waals surface area contributed by atoms with Crippen LogP contribution < -0.4 is 0 Å². The lowest BCUT2D eigenvalue weighted by molar-refractivity contribution is -0.00717. The van der Waals surface area contributed by atoms with E-state index in [1.165, 1.54) is 0 Å². The number of hydrogen-bond donors (Lipinski definition) is 0. The zero-order valence-electron chi connectivity index (χ0n) is 14.1. The molecule has 1 aromatic rings. The van der Waals surface area contributed by atoms with Crippen molar-refractivity contribution in [2.75, 3.05) is 13.1 Å². The highest BCUT2D eigenvalue weighted by Gasteiger charge is 2.34. The van der Waals surface area contributed by atoms with E-state index in [0.29, 0.717) is 19.6 Å². The number of nitriles is 1. The second-order valence-electron chi connectivity index (χ2n) is 6.52. The smallest absolute Gasteiger partial charge is 0.272 e. The average Bonchev–Trinajstić information content (AvgIpc) is 2.93. The summed E-state index contributed by atoms with van der Waals surface area (Å²) in [5.74, 6) is 0.135. The number of nitrogens with zero attached hydrogens (tertiary/aromatic N) is 4. The monoisotopic (exact) mass is 316 g/mol. The van der Waals surface area contributed by atoms with Crippen LogP contribution in [0.1, 0.15) is 61.5 Å². The van der Waals surface area contributed by atoms with Gasteiger partial charge in [-0.3, -0.25) is 9.48 Å². The molecule has 23 heavy (non-hydrogen) atoms. The van der Waals surface area contributed by atoms with Crippen molar-refractivity contribution in [3.05, 3.63) is 17.0 Å². The van der Waals surface area contributed by atoms with Crippen molar-refractivity contribution in [1.29, 1.82) is 5.26 Å². The van der Waals surface area contributed by atoms with Gasteiger partial charge < -0.3 is 9.64 Å². The van der Waals surface area contributed by atoms with Crippen LogP contribution in [-0.2, 0) is 17.7 Å². The maximum absolute atomic E-state index is 13.1. The minimum atomic E-state index is -0.0718. The van der Waals surface area contributed by atoms with Crippen LogP contribution in [0.5, 0.6) is 0 Å². The highest BCUT2D eigenvalue weighted by Crippen LogP contribution is 2.32. The summed E-state index contributed by atoms with van der Waals surface area (Å²) in [5.41, 5.74) is 2.67. The quantitative estimate of drug-likeness (QED) is 0.839. The molecule has 6 nitrogen and oxygen atoms in total. The molecule has 1 aromatic heterocycles. The standard InChI is InChI=1S/C17H24N4O2/c1-4-21-16(14-9-11(2)23-12(3)15(14)19-21)17(22)20-7-5-13(10-18)6-8-20/h11-13H,4-9H2,1-3H3/t11-,12+/m0/s1. The SMILES string of the molecule is CCn1nc2c(c1C(=O)N1CCC(C#N)CC1)C[C@H](C)O[C@@H]2C. The summed E-state index contributed by atoms with van der Waals surface area (Å²) < 4.78 is 7.66. The van der Waals surface area contributed by atoms with E-state index in [1.807, 2.05) is 30.4 Å². The molecule has 0 N–H and O–H groups in total. The Hall–Kier alpha value is -1.87. The molecule has 1 amide bonds. The molecular formula is C17H24N4O2. The fourth-order valence-electron chi connectivity index (χ4n) is 3.62. The minimum Gasteiger partial charge on any atom is -0.369 e. The molecule has 124 valence electrons. The number of fused-ring (bicyclic) bond motifs is 1. The van der Waals surface area contributed by atoms with Crippen molar-refractivity contribution >= 4 is 5.91 Å². The van der Waals surface area contributed by atoms with Crippen LogP contribution in [0.3, 0.4) is 0 Å². The van der Waals surface area contributed by atoms with Gasteiger partial charge in [-0.1, -0.05) is 0 Å². The van der Waals surface area contributed by atoms with Gasteiger partial charge in [0.15, 0.2) is 0 Å². The zero-order valence-corrected chi connectivity index (χ0v) is 14.1. The second kappa shape index (κ2) is 6.32. The van der Waals surface area contributed by atoms with Gasteiger partial charge in [-0.05, 0) is 33.6 Å². The number of rotatable bonds is 2. The van der Waals surface area contributed by atoms with E-state index in [9.17, 15) is 4.79 Å². The van der Waals surface area contributed by atoms with Crippen LogP contribution >= 0.6 is 0 Å². The third-order valence-corrected chi connectivity index (χ3v) is 4.86. The van der Waals surface area contributed by atoms with Gasteiger partial charge in [-0.25, -0.2) is 0 Å². The first-order chi connectivity index (χ1) is 11.0. The lowest BCUT2D eigenvalue weighted by Gasteiger charge is -2.30. The number of likely N-dealkylation sites (tertiary alicyclic amines) is 1. The van der Waals surface area contributed by atoms with Gasteiger partial charge in [-0.2, -0.15) is 10.4 Å². The highest BCUT2D eigenvalue weighted by molar-refractivity contribution is 5.94. The fraction of sp³-hybridized carbons (Fsp3) is 0.706. The molecule has 6 heteroatoms. The Balaban J connectivity index is 1.90. The third kappa shape index (κ3) is 2.86. The van der Waals surface area contributed by atoms with Gasteiger partial charge in [-0.15, -0.1) is 0 Å². The summed E-state index contributed by atoms with van der Waals surface area (Å²) in [6.07, 6.45) is 2.29. The van der Waals surface area contributed by atoms with E-state index >= 15 is 0 Å². The van der Waals surface area contributed by atoms with Crippen LogP contribution in [0.4, 0.5) is 0 Å². The molecular weight excluding hydrogens is 292 g/mol. The summed E-state index contributed by atoms with van der Waals surface area (Å²) in [6, 6.07) is 2.31. The summed E-state index contributed by atoms with van der Waals surface area (Å²) in [5, 5.41) is 13.6. The Morgan fingerprint density at radius 1 is 1.39 bits per heavy atom. The maximum atomic E-state index is 13.1. The minimum absolute atomic E-state index is 0.0540. The molecule has 0 spiro atoms. The number of hydrogen-bond acceptors (Lipinski definition) is 4.